The van der Waals surface area contributed by atoms with Gasteiger partial charge in [0.2, 0.25) is 0 Å². The van der Waals surface area contributed by atoms with E-state index in [0.717, 1.165) is 18.1 Å². The summed E-state index contributed by atoms with van der Waals surface area (Å²) in [7, 11) is 3.43. The monoisotopic (exact) mass is 503 g/mol. The highest BCUT2D eigenvalue weighted by atomic mass is 127. The maximum atomic E-state index is 12.9. The highest BCUT2D eigenvalue weighted by Crippen LogP contribution is 2.26. The van der Waals surface area contributed by atoms with Crippen LogP contribution in [0.4, 0.5) is 4.39 Å². The first-order valence-corrected chi connectivity index (χ1v) is 8.77. The molecule has 0 atom stereocenters. The van der Waals surface area contributed by atoms with Crippen molar-refractivity contribution < 1.29 is 19.0 Å². The van der Waals surface area contributed by atoms with Gasteiger partial charge < -0.3 is 24.8 Å². The molecule has 0 saturated heterocycles. The largest absolute Gasteiger partial charge is 0.504 e. The minimum atomic E-state index is -0.286. The van der Waals surface area contributed by atoms with Crippen molar-refractivity contribution in [2.75, 3.05) is 33.9 Å². The Morgan fingerprint density at radius 2 is 1.93 bits per heavy atom. The summed E-state index contributed by atoms with van der Waals surface area (Å²) in [6, 6.07) is 11.2. The quantitative estimate of drug-likeness (QED) is 0.327. The van der Waals surface area contributed by atoms with Crippen LogP contribution in [0.2, 0.25) is 0 Å². The van der Waals surface area contributed by atoms with E-state index in [-0.39, 0.29) is 35.5 Å². The fourth-order valence-electron chi connectivity index (χ4n) is 2.41. The SMILES string of the molecule is CCNC(=NCc1ccc(OC)c(O)c1)N(C)CCOc1ccc(F)cc1.I. The van der Waals surface area contributed by atoms with Crippen LogP contribution in [0.15, 0.2) is 47.5 Å². The van der Waals surface area contributed by atoms with Crippen LogP contribution in [0.3, 0.4) is 0 Å². The second kappa shape index (κ2) is 12.3. The lowest BCUT2D eigenvalue weighted by Gasteiger charge is -2.22. The Morgan fingerprint density at radius 1 is 1.21 bits per heavy atom. The number of likely N-dealkylation sites (N-methyl/N-ethyl adjacent to an activating group) is 1. The Balaban J connectivity index is 0.00000392. The number of methoxy groups -OCH3 is 1. The molecule has 0 saturated carbocycles. The Hall–Kier alpha value is -2.23. The van der Waals surface area contributed by atoms with Crippen LogP contribution in [0, 0.1) is 5.82 Å². The molecular weight excluding hydrogens is 476 g/mol. The molecule has 0 spiro atoms. The fourth-order valence-corrected chi connectivity index (χ4v) is 2.41. The molecule has 2 rings (SSSR count). The maximum absolute atomic E-state index is 12.9. The number of halogens is 2. The van der Waals surface area contributed by atoms with Gasteiger partial charge in [-0.15, -0.1) is 24.0 Å². The van der Waals surface area contributed by atoms with E-state index in [2.05, 4.69) is 10.3 Å². The molecule has 0 bridgehead atoms. The van der Waals surface area contributed by atoms with E-state index in [9.17, 15) is 9.50 Å². The molecule has 0 heterocycles. The lowest BCUT2D eigenvalue weighted by Crippen LogP contribution is -2.40. The Labute approximate surface area is 182 Å². The molecule has 0 radical (unpaired) electrons. The van der Waals surface area contributed by atoms with Crippen molar-refractivity contribution in [2.24, 2.45) is 4.99 Å². The summed E-state index contributed by atoms with van der Waals surface area (Å²) >= 11 is 0. The van der Waals surface area contributed by atoms with Crippen molar-refractivity contribution in [1.29, 1.82) is 0 Å². The third-order valence-electron chi connectivity index (χ3n) is 3.86. The zero-order valence-corrected chi connectivity index (χ0v) is 18.6. The normalized spacial score (nSPS) is 10.8. The Morgan fingerprint density at radius 3 is 2.54 bits per heavy atom. The summed E-state index contributed by atoms with van der Waals surface area (Å²) in [5.41, 5.74) is 0.875. The van der Waals surface area contributed by atoms with Crippen molar-refractivity contribution in [2.45, 2.75) is 13.5 Å². The summed E-state index contributed by atoms with van der Waals surface area (Å²) in [5.74, 6) is 1.60. The minimum Gasteiger partial charge on any atom is -0.504 e. The smallest absolute Gasteiger partial charge is 0.194 e. The average Bonchev–Trinajstić information content (AvgIpc) is 2.66. The van der Waals surface area contributed by atoms with E-state index < -0.39 is 0 Å². The van der Waals surface area contributed by atoms with E-state index in [1.54, 1.807) is 24.3 Å². The molecule has 0 aliphatic carbocycles. The zero-order chi connectivity index (χ0) is 19.6. The number of ether oxygens (including phenoxy) is 2. The third-order valence-corrected chi connectivity index (χ3v) is 3.86. The van der Waals surface area contributed by atoms with Crippen LogP contribution in [-0.2, 0) is 6.54 Å². The van der Waals surface area contributed by atoms with E-state index in [1.807, 2.05) is 24.9 Å². The van der Waals surface area contributed by atoms with Crippen LogP contribution in [0.1, 0.15) is 12.5 Å². The molecule has 2 N–H and O–H groups in total. The first-order valence-electron chi connectivity index (χ1n) is 8.77. The number of rotatable bonds is 8. The number of benzene rings is 2. The van der Waals surface area contributed by atoms with Gasteiger partial charge in [0.05, 0.1) is 20.2 Å². The lowest BCUT2D eigenvalue weighted by atomic mass is 10.2. The van der Waals surface area contributed by atoms with E-state index in [0.29, 0.717) is 31.2 Å². The Bertz CT molecular complexity index is 757. The van der Waals surface area contributed by atoms with E-state index in [4.69, 9.17) is 9.47 Å². The highest BCUT2D eigenvalue weighted by Gasteiger charge is 2.07. The average molecular weight is 503 g/mol. The van der Waals surface area contributed by atoms with Crippen molar-refractivity contribution in [3.8, 4) is 17.2 Å². The summed E-state index contributed by atoms with van der Waals surface area (Å²) in [6.07, 6.45) is 0. The number of aliphatic imine (C=N–C) groups is 1. The predicted molar refractivity (Wildman–Crippen MR) is 119 cm³/mol. The van der Waals surface area contributed by atoms with Gasteiger partial charge in [-0.2, -0.15) is 0 Å². The van der Waals surface area contributed by atoms with Crippen molar-refractivity contribution in [3.63, 3.8) is 0 Å². The second-order valence-corrected chi connectivity index (χ2v) is 5.90. The van der Waals surface area contributed by atoms with Gasteiger partial charge in [-0.25, -0.2) is 9.38 Å². The van der Waals surface area contributed by atoms with Gasteiger partial charge >= 0.3 is 0 Å². The number of nitrogens with one attached hydrogen (secondary N) is 1. The Kier molecular flexibility index (Phi) is 10.4. The number of nitrogens with zero attached hydrogens (tertiary/aromatic N) is 2. The molecule has 154 valence electrons. The first kappa shape index (κ1) is 23.8. The minimum absolute atomic E-state index is 0. The molecule has 0 fully saturated rings. The molecule has 2 aromatic carbocycles. The van der Waals surface area contributed by atoms with Gasteiger partial charge in [0, 0.05) is 13.6 Å². The summed E-state index contributed by atoms with van der Waals surface area (Å²) < 4.78 is 23.6. The van der Waals surface area contributed by atoms with Crippen molar-refractivity contribution in [3.05, 3.63) is 53.8 Å². The molecule has 8 heteroatoms. The molecule has 2 aromatic rings. The standard InChI is InChI=1S/C20H26FN3O3.HI/c1-4-22-20(23-14-15-5-10-19(26-3)18(25)13-15)24(2)11-12-27-17-8-6-16(21)7-9-17;/h5-10,13,25H,4,11-12,14H2,1-3H3,(H,22,23);1H. The first-order chi connectivity index (χ1) is 13.0. The fraction of sp³-hybridized carbons (Fsp3) is 0.350. The molecule has 0 aliphatic heterocycles. The van der Waals surface area contributed by atoms with Crippen LogP contribution in [-0.4, -0.2) is 49.8 Å². The molecule has 28 heavy (non-hydrogen) atoms. The van der Waals surface area contributed by atoms with Crippen molar-refractivity contribution >= 4 is 29.9 Å². The summed E-state index contributed by atoms with van der Waals surface area (Å²) in [6.45, 7) is 4.20. The molecule has 6 nitrogen and oxygen atoms in total. The highest BCUT2D eigenvalue weighted by molar-refractivity contribution is 14.0. The molecule has 0 amide bonds. The van der Waals surface area contributed by atoms with Crippen molar-refractivity contribution in [1.82, 2.24) is 10.2 Å². The van der Waals surface area contributed by atoms with Gasteiger partial charge in [-0.1, -0.05) is 6.07 Å². The van der Waals surface area contributed by atoms with Gasteiger partial charge in [0.25, 0.3) is 0 Å². The topological polar surface area (TPSA) is 66.3 Å². The molecule has 0 unspecified atom stereocenters. The molecule has 0 aliphatic rings. The number of phenolic OH excluding ortho intramolecular Hbond substituents is 1. The third kappa shape index (κ3) is 7.41. The molecule has 0 aromatic heterocycles. The van der Waals surface area contributed by atoms with Crippen LogP contribution < -0.4 is 14.8 Å². The zero-order valence-electron chi connectivity index (χ0n) is 16.3. The van der Waals surface area contributed by atoms with E-state index >= 15 is 0 Å². The summed E-state index contributed by atoms with van der Waals surface area (Å²) in [5, 5.41) is 13.1. The van der Waals surface area contributed by atoms with Gasteiger partial charge in [-0.05, 0) is 48.9 Å². The number of phenols is 1. The number of hydrogen-bond donors (Lipinski definition) is 2. The van der Waals surface area contributed by atoms with Gasteiger partial charge in [0.1, 0.15) is 18.2 Å². The van der Waals surface area contributed by atoms with Gasteiger partial charge in [-0.3, -0.25) is 0 Å². The van der Waals surface area contributed by atoms with Gasteiger partial charge in [0.15, 0.2) is 17.5 Å². The van der Waals surface area contributed by atoms with Crippen LogP contribution in [0.5, 0.6) is 17.2 Å². The summed E-state index contributed by atoms with van der Waals surface area (Å²) in [4.78, 5) is 6.55. The lowest BCUT2D eigenvalue weighted by molar-refractivity contribution is 0.281. The number of aromatic hydroxyl groups is 1. The van der Waals surface area contributed by atoms with E-state index in [1.165, 1.54) is 19.2 Å². The number of hydrogen-bond acceptors (Lipinski definition) is 4. The molecular formula is C20H27FIN3O3. The maximum Gasteiger partial charge on any atom is 0.194 e. The number of guanidine groups is 1. The van der Waals surface area contributed by atoms with Crippen LogP contribution in [0.25, 0.3) is 0 Å². The second-order valence-electron chi connectivity index (χ2n) is 5.90. The van der Waals surface area contributed by atoms with Crippen LogP contribution >= 0.6 is 24.0 Å². The predicted octanol–water partition coefficient (Wildman–Crippen LogP) is 3.63.